The molecule has 4 heteroatoms. The summed E-state index contributed by atoms with van der Waals surface area (Å²) in [4.78, 5) is 22.7. The second-order valence-corrected chi connectivity index (χ2v) is 4.40. The van der Waals surface area contributed by atoms with E-state index in [2.05, 4.69) is 0 Å². The van der Waals surface area contributed by atoms with Crippen molar-refractivity contribution in [1.82, 2.24) is 0 Å². The fraction of sp³-hybridized carbons (Fsp3) is 0.133. The van der Waals surface area contributed by atoms with E-state index >= 15 is 0 Å². The molecule has 2 rings (SSSR count). The first-order valence-electron chi connectivity index (χ1n) is 5.86. The topological polar surface area (TPSA) is 60.2 Å². The quantitative estimate of drug-likeness (QED) is 0.479. The average Bonchev–Trinajstić information content (AvgIpc) is 2.38. The van der Waals surface area contributed by atoms with E-state index in [4.69, 9.17) is 0 Å². The van der Waals surface area contributed by atoms with Crippen molar-refractivity contribution < 1.29 is 9.72 Å². The fourth-order valence-electron chi connectivity index (χ4n) is 1.94. The SMILES string of the molecule is Cc1ccccc1C(=O)c1cc([N+](=O)[O-])ccc1C. The van der Waals surface area contributed by atoms with Gasteiger partial charge in [-0.1, -0.05) is 30.3 Å². The van der Waals surface area contributed by atoms with E-state index in [-0.39, 0.29) is 11.5 Å². The number of benzene rings is 2. The number of carbonyl (C=O) groups is 1. The Morgan fingerprint density at radius 1 is 1.00 bits per heavy atom. The lowest BCUT2D eigenvalue weighted by atomic mass is 9.96. The maximum absolute atomic E-state index is 12.4. The van der Waals surface area contributed by atoms with Gasteiger partial charge >= 0.3 is 0 Å². The van der Waals surface area contributed by atoms with Crippen LogP contribution in [0, 0.1) is 24.0 Å². The van der Waals surface area contributed by atoms with Gasteiger partial charge < -0.3 is 0 Å². The normalized spacial score (nSPS) is 10.2. The molecule has 0 aliphatic carbocycles. The molecule has 0 atom stereocenters. The molecule has 96 valence electrons. The molecule has 0 aliphatic heterocycles. The van der Waals surface area contributed by atoms with Gasteiger partial charge in [0.05, 0.1) is 4.92 Å². The molecule has 0 bridgehead atoms. The zero-order chi connectivity index (χ0) is 14.0. The summed E-state index contributed by atoms with van der Waals surface area (Å²) in [6.07, 6.45) is 0. The van der Waals surface area contributed by atoms with Gasteiger partial charge in [0, 0.05) is 23.3 Å². The van der Waals surface area contributed by atoms with Gasteiger partial charge in [0.1, 0.15) is 0 Å². The van der Waals surface area contributed by atoms with Crippen molar-refractivity contribution in [3.63, 3.8) is 0 Å². The third kappa shape index (κ3) is 2.52. The molecule has 0 spiro atoms. The zero-order valence-corrected chi connectivity index (χ0v) is 10.7. The monoisotopic (exact) mass is 255 g/mol. The smallest absolute Gasteiger partial charge is 0.270 e. The largest absolute Gasteiger partial charge is 0.289 e. The number of nitro groups is 1. The first kappa shape index (κ1) is 13.0. The highest BCUT2D eigenvalue weighted by Gasteiger charge is 2.17. The highest BCUT2D eigenvalue weighted by molar-refractivity contribution is 6.11. The Bertz CT molecular complexity index is 662. The second-order valence-electron chi connectivity index (χ2n) is 4.40. The predicted molar refractivity (Wildman–Crippen MR) is 72.4 cm³/mol. The van der Waals surface area contributed by atoms with Gasteiger partial charge in [-0.2, -0.15) is 0 Å². The van der Waals surface area contributed by atoms with Crippen LogP contribution >= 0.6 is 0 Å². The Morgan fingerprint density at radius 2 is 1.63 bits per heavy atom. The number of rotatable bonds is 3. The molecule has 0 saturated carbocycles. The fourth-order valence-corrected chi connectivity index (χ4v) is 1.94. The minimum atomic E-state index is -0.492. The van der Waals surface area contributed by atoms with Crippen molar-refractivity contribution in [2.75, 3.05) is 0 Å². The number of carbonyl (C=O) groups excluding carboxylic acids is 1. The van der Waals surface area contributed by atoms with E-state index in [0.717, 1.165) is 11.1 Å². The molecule has 0 radical (unpaired) electrons. The lowest BCUT2D eigenvalue weighted by Crippen LogP contribution is -2.06. The summed E-state index contributed by atoms with van der Waals surface area (Å²) in [5.41, 5.74) is 2.48. The van der Waals surface area contributed by atoms with Crippen LogP contribution in [-0.2, 0) is 0 Å². The molecule has 0 saturated heterocycles. The van der Waals surface area contributed by atoms with Crippen LogP contribution in [0.4, 0.5) is 5.69 Å². The van der Waals surface area contributed by atoms with Crippen molar-refractivity contribution in [3.8, 4) is 0 Å². The highest BCUT2D eigenvalue weighted by atomic mass is 16.6. The molecule has 0 N–H and O–H groups in total. The Balaban J connectivity index is 2.53. The van der Waals surface area contributed by atoms with E-state index in [0.29, 0.717) is 11.1 Å². The molecule has 0 unspecified atom stereocenters. The number of hydrogen-bond donors (Lipinski definition) is 0. The number of nitro benzene ring substituents is 1. The summed E-state index contributed by atoms with van der Waals surface area (Å²) >= 11 is 0. The minimum Gasteiger partial charge on any atom is -0.289 e. The number of nitrogens with zero attached hydrogens (tertiary/aromatic N) is 1. The molecule has 0 amide bonds. The van der Waals surface area contributed by atoms with Crippen LogP contribution in [0.25, 0.3) is 0 Å². The van der Waals surface area contributed by atoms with Crippen molar-refractivity contribution in [2.45, 2.75) is 13.8 Å². The maximum Gasteiger partial charge on any atom is 0.270 e. The number of aryl methyl sites for hydroxylation is 2. The summed E-state index contributed by atoms with van der Waals surface area (Å²) in [5.74, 6) is -0.181. The van der Waals surface area contributed by atoms with Crippen LogP contribution < -0.4 is 0 Å². The Labute approximate surface area is 110 Å². The van der Waals surface area contributed by atoms with Crippen LogP contribution in [-0.4, -0.2) is 10.7 Å². The summed E-state index contributed by atoms with van der Waals surface area (Å²) in [6.45, 7) is 3.62. The first-order valence-corrected chi connectivity index (χ1v) is 5.86. The summed E-state index contributed by atoms with van der Waals surface area (Å²) in [7, 11) is 0. The Kier molecular flexibility index (Phi) is 3.42. The lowest BCUT2D eigenvalue weighted by Gasteiger charge is -2.07. The van der Waals surface area contributed by atoms with E-state index in [1.807, 2.05) is 19.1 Å². The van der Waals surface area contributed by atoms with Gasteiger partial charge in [-0.05, 0) is 25.0 Å². The molecule has 0 aliphatic rings. The van der Waals surface area contributed by atoms with E-state index < -0.39 is 4.92 Å². The molecule has 0 aromatic heterocycles. The molecule has 0 heterocycles. The van der Waals surface area contributed by atoms with Crippen LogP contribution in [0.15, 0.2) is 42.5 Å². The number of hydrogen-bond acceptors (Lipinski definition) is 3. The Hall–Kier alpha value is -2.49. The molecular formula is C15H13NO3. The summed E-state index contributed by atoms with van der Waals surface area (Å²) in [6, 6.07) is 11.6. The second kappa shape index (κ2) is 5.02. The molecule has 2 aromatic carbocycles. The molecule has 19 heavy (non-hydrogen) atoms. The molecule has 2 aromatic rings. The molecular weight excluding hydrogens is 242 g/mol. The highest BCUT2D eigenvalue weighted by Crippen LogP contribution is 2.21. The van der Waals surface area contributed by atoms with Crippen molar-refractivity contribution in [3.05, 3.63) is 74.8 Å². The Morgan fingerprint density at radius 3 is 2.26 bits per heavy atom. The third-order valence-electron chi connectivity index (χ3n) is 3.07. The minimum absolute atomic E-state index is 0.0671. The van der Waals surface area contributed by atoms with Gasteiger partial charge in [0.25, 0.3) is 5.69 Å². The van der Waals surface area contributed by atoms with Crippen molar-refractivity contribution in [1.29, 1.82) is 0 Å². The van der Waals surface area contributed by atoms with Crippen molar-refractivity contribution >= 4 is 11.5 Å². The summed E-state index contributed by atoms with van der Waals surface area (Å²) in [5, 5.41) is 10.8. The molecule has 4 nitrogen and oxygen atoms in total. The lowest BCUT2D eigenvalue weighted by molar-refractivity contribution is -0.384. The standard InChI is InChI=1S/C15H13NO3/c1-10-5-3-4-6-13(10)15(17)14-9-12(16(18)19)8-7-11(14)2/h3-9H,1-2H3. The average molecular weight is 255 g/mol. The summed E-state index contributed by atoms with van der Waals surface area (Å²) < 4.78 is 0. The van der Waals surface area contributed by atoms with Gasteiger partial charge in [-0.3, -0.25) is 14.9 Å². The van der Waals surface area contributed by atoms with Crippen LogP contribution in [0.3, 0.4) is 0 Å². The van der Waals surface area contributed by atoms with Crippen LogP contribution in [0.1, 0.15) is 27.0 Å². The maximum atomic E-state index is 12.4. The van der Waals surface area contributed by atoms with Crippen LogP contribution in [0.5, 0.6) is 0 Å². The van der Waals surface area contributed by atoms with Crippen LogP contribution in [0.2, 0.25) is 0 Å². The van der Waals surface area contributed by atoms with Crippen molar-refractivity contribution in [2.24, 2.45) is 0 Å². The predicted octanol–water partition coefficient (Wildman–Crippen LogP) is 3.44. The van der Waals surface area contributed by atoms with Gasteiger partial charge in [0.2, 0.25) is 0 Å². The number of ketones is 1. The van der Waals surface area contributed by atoms with E-state index in [9.17, 15) is 14.9 Å². The third-order valence-corrected chi connectivity index (χ3v) is 3.07. The van der Waals surface area contributed by atoms with Gasteiger partial charge in [-0.15, -0.1) is 0 Å². The van der Waals surface area contributed by atoms with E-state index in [1.54, 1.807) is 25.1 Å². The zero-order valence-electron chi connectivity index (χ0n) is 10.7. The first-order chi connectivity index (χ1) is 9.00. The number of non-ortho nitro benzene ring substituents is 1. The van der Waals surface area contributed by atoms with E-state index in [1.165, 1.54) is 12.1 Å². The molecule has 0 fully saturated rings. The van der Waals surface area contributed by atoms with Gasteiger partial charge in [0.15, 0.2) is 5.78 Å². The van der Waals surface area contributed by atoms with Gasteiger partial charge in [-0.25, -0.2) is 0 Å².